The van der Waals surface area contributed by atoms with Crippen molar-refractivity contribution in [2.24, 2.45) is 5.73 Å². The maximum absolute atomic E-state index is 13.7. The van der Waals surface area contributed by atoms with E-state index in [2.05, 4.69) is 9.97 Å². The monoisotopic (exact) mass is 293 g/mol. The molecule has 20 heavy (non-hydrogen) atoms. The van der Waals surface area contributed by atoms with Crippen LogP contribution in [-0.4, -0.2) is 16.0 Å². The van der Waals surface area contributed by atoms with Crippen LogP contribution in [0.3, 0.4) is 0 Å². The molecule has 0 saturated heterocycles. The minimum Gasteiger partial charge on any atom is -0.327 e. The van der Waals surface area contributed by atoms with Gasteiger partial charge in [-0.2, -0.15) is 0 Å². The summed E-state index contributed by atoms with van der Waals surface area (Å²) in [6.07, 6.45) is 5.43. The summed E-state index contributed by atoms with van der Waals surface area (Å²) >= 11 is 5.99. The number of rotatable bonds is 5. The Morgan fingerprint density at radius 1 is 1.30 bits per heavy atom. The number of nitrogens with zero attached hydrogens (tertiary/aromatic N) is 2. The average molecular weight is 294 g/mol. The van der Waals surface area contributed by atoms with Gasteiger partial charge in [-0.1, -0.05) is 24.6 Å². The first-order valence-electron chi connectivity index (χ1n) is 6.58. The molecule has 0 radical (unpaired) electrons. The highest BCUT2D eigenvalue weighted by Crippen LogP contribution is 2.21. The second kappa shape index (κ2) is 6.77. The van der Waals surface area contributed by atoms with E-state index < -0.39 is 0 Å². The van der Waals surface area contributed by atoms with Crippen LogP contribution in [-0.2, 0) is 12.8 Å². The van der Waals surface area contributed by atoms with Gasteiger partial charge in [0.25, 0.3) is 0 Å². The van der Waals surface area contributed by atoms with E-state index in [1.807, 2.05) is 6.92 Å². The van der Waals surface area contributed by atoms with Crippen molar-refractivity contribution in [1.82, 2.24) is 9.97 Å². The number of nitrogens with two attached hydrogens (primary N) is 1. The summed E-state index contributed by atoms with van der Waals surface area (Å²) in [4.78, 5) is 8.50. The zero-order chi connectivity index (χ0) is 14.5. The Kier molecular flexibility index (Phi) is 5.04. The van der Waals surface area contributed by atoms with Gasteiger partial charge in [0.15, 0.2) is 0 Å². The summed E-state index contributed by atoms with van der Waals surface area (Å²) in [5, 5.41) is 0.394. The minimum atomic E-state index is -0.335. The predicted octanol–water partition coefficient (Wildman–Crippen LogP) is 3.14. The standard InChI is InChI=1S/C15H17ClFN3/c1-2-11(18)6-10-8-19-15(20-9-10)7-12-13(16)4-3-5-14(12)17/h3-5,8-9,11H,2,6-7,18H2,1H3. The van der Waals surface area contributed by atoms with Crippen LogP contribution in [0.15, 0.2) is 30.6 Å². The van der Waals surface area contributed by atoms with Gasteiger partial charge >= 0.3 is 0 Å². The number of halogens is 2. The molecule has 0 fully saturated rings. The second-order valence-corrected chi connectivity index (χ2v) is 5.16. The van der Waals surface area contributed by atoms with E-state index in [0.717, 1.165) is 18.4 Å². The first-order valence-corrected chi connectivity index (χ1v) is 6.96. The molecule has 0 aliphatic rings. The van der Waals surface area contributed by atoms with Crippen LogP contribution in [0.25, 0.3) is 0 Å². The van der Waals surface area contributed by atoms with Gasteiger partial charge in [-0.15, -0.1) is 0 Å². The quantitative estimate of drug-likeness (QED) is 0.921. The third-order valence-corrected chi connectivity index (χ3v) is 3.53. The fourth-order valence-corrected chi connectivity index (χ4v) is 2.11. The van der Waals surface area contributed by atoms with Gasteiger partial charge in [0.05, 0.1) is 0 Å². The van der Waals surface area contributed by atoms with E-state index in [0.29, 0.717) is 16.4 Å². The molecule has 0 saturated carbocycles. The van der Waals surface area contributed by atoms with Crippen molar-refractivity contribution in [2.75, 3.05) is 0 Å². The van der Waals surface area contributed by atoms with Crippen LogP contribution in [0, 0.1) is 5.82 Å². The van der Waals surface area contributed by atoms with Crippen LogP contribution < -0.4 is 5.73 Å². The van der Waals surface area contributed by atoms with Gasteiger partial charge in [0, 0.05) is 35.4 Å². The zero-order valence-corrected chi connectivity index (χ0v) is 12.1. The van der Waals surface area contributed by atoms with E-state index in [9.17, 15) is 4.39 Å². The fourth-order valence-electron chi connectivity index (χ4n) is 1.88. The number of hydrogen-bond donors (Lipinski definition) is 1. The van der Waals surface area contributed by atoms with Crippen LogP contribution >= 0.6 is 11.6 Å². The average Bonchev–Trinajstić information content (AvgIpc) is 2.44. The zero-order valence-electron chi connectivity index (χ0n) is 11.3. The molecular formula is C15H17ClFN3. The third kappa shape index (κ3) is 3.74. The molecule has 106 valence electrons. The maximum atomic E-state index is 13.7. The molecule has 0 bridgehead atoms. The summed E-state index contributed by atoms with van der Waals surface area (Å²) in [5.41, 5.74) is 7.30. The molecule has 1 aromatic carbocycles. The van der Waals surface area contributed by atoms with Crippen LogP contribution in [0.5, 0.6) is 0 Å². The Labute approximate surface area is 123 Å². The summed E-state index contributed by atoms with van der Waals surface area (Å²) in [7, 11) is 0. The lowest BCUT2D eigenvalue weighted by molar-refractivity contribution is 0.611. The van der Waals surface area contributed by atoms with Crippen LogP contribution in [0.2, 0.25) is 5.02 Å². The highest BCUT2D eigenvalue weighted by molar-refractivity contribution is 6.31. The summed E-state index contributed by atoms with van der Waals surface area (Å²) in [6.45, 7) is 2.04. The first-order chi connectivity index (χ1) is 9.60. The second-order valence-electron chi connectivity index (χ2n) is 4.76. The molecule has 1 heterocycles. The fraction of sp³-hybridized carbons (Fsp3) is 0.333. The van der Waals surface area contributed by atoms with Gasteiger partial charge < -0.3 is 5.73 Å². The van der Waals surface area contributed by atoms with Crippen molar-refractivity contribution in [3.8, 4) is 0 Å². The van der Waals surface area contributed by atoms with Crippen molar-refractivity contribution in [2.45, 2.75) is 32.2 Å². The van der Waals surface area contributed by atoms with Crippen molar-refractivity contribution in [3.63, 3.8) is 0 Å². The Bertz CT molecular complexity index is 552. The molecule has 2 rings (SSSR count). The van der Waals surface area contributed by atoms with Crippen molar-refractivity contribution in [3.05, 3.63) is 58.4 Å². The Morgan fingerprint density at radius 2 is 2.00 bits per heavy atom. The normalized spacial score (nSPS) is 12.4. The maximum Gasteiger partial charge on any atom is 0.132 e. The molecular weight excluding hydrogens is 277 g/mol. The minimum absolute atomic E-state index is 0.116. The van der Waals surface area contributed by atoms with Gasteiger partial charge in [-0.05, 0) is 30.5 Å². The van der Waals surface area contributed by atoms with Gasteiger partial charge in [-0.25, -0.2) is 14.4 Å². The van der Waals surface area contributed by atoms with Gasteiger partial charge in [0.2, 0.25) is 0 Å². The van der Waals surface area contributed by atoms with E-state index in [1.165, 1.54) is 6.07 Å². The lowest BCUT2D eigenvalue weighted by Gasteiger charge is -2.09. The molecule has 0 aliphatic heterocycles. The smallest absolute Gasteiger partial charge is 0.132 e. The molecule has 1 atom stereocenters. The SMILES string of the molecule is CCC(N)Cc1cnc(Cc2c(F)cccc2Cl)nc1. The summed E-state index contributed by atoms with van der Waals surface area (Å²) in [5.74, 6) is 0.212. The van der Waals surface area contributed by atoms with Crippen molar-refractivity contribution in [1.29, 1.82) is 0 Å². The highest BCUT2D eigenvalue weighted by Gasteiger charge is 2.10. The molecule has 3 nitrogen and oxygen atoms in total. The van der Waals surface area contributed by atoms with Crippen LogP contribution in [0.1, 0.15) is 30.3 Å². The van der Waals surface area contributed by atoms with Crippen molar-refractivity contribution < 1.29 is 4.39 Å². The molecule has 5 heteroatoms. The lowest BCUT2D eigenvalue weighted by atomic mass is 10.1. The lowest BCUT2D eigenvalue weighted by Crippen LogP contribution is -2.21. The van der Waals surface area contributed by atoms with Crippen molar-refractivity contribution >= 4 is 11.6 Å². The van der Waals surface area contributed by atoms with E-state index in [4.69, 9.17) is 17.3 Å². The molecule has 0 amide bonds. The largest absolute Gasteiger partial charge is 0.327 e. The van der Waals surface area contributed by atoms with Gasteiger partial charge in [-0.3, -0.25) is 0 Å². The number of hydrogen-bond acceptors (Lipinski definition) is 3. The first kappa shape index (κ1) is 14.9. The molecule has 0 aliphatic carbocycles. The van der Waals surface area contributed by atoms with Crippen LogP contribution in [0.4, 0.5) is 4.39 Å². The molecule has 2 aromatic rings. The summed E-state index contributed by atoms with van der Waals surface area (Å²) < 4.78 is 13.7. The molecule has 1 unspecified atom stereocenters. The molecule has 2 N–H and O–H groups in total. The topological polar surface area (TPSA) is 51.8 Å². The molecule has 0 spiro atoms. The van der Waals surface area contributed by atoms with Gasteiger partial charge in [0.1, 0.15) is 11.6 Å². The van der Waals surface area contributed by atoms with E-state index >= 15 is 0 Å². The summed E-state index contributed by atoms with van der Waals surface area (Å²) in [6, 6.07) is 4.74. The highest BCUT2D eigenvalue weighted by atomic mass is 35.5. The van der Waals surface area contributed by atoms with E-state index in [-0.39, 0.29) is 18.3 Å². The predicted molar refractivity (Wildman–Crippen MR) is 78.2 cm³/mol. The Balaban J connectivity index is 2.11. The Morgan fingerprint density at radius 3 is 2.60 bits per heavy atom. The third-order valence-electron chi connectivity index (χ3n) is 3.18. The number of aromatic nitrogens is 2. The Hall–Kier alpha value is -1.52. The number of benzene rings is 1. The van der Waals surface area contributed by atoms with E-state index in [1.54, 1.807) is 24.5 Å². The molecule has 1 aromatic heterocycles.